The highest BCUT2D eigenvalue weighted by molar-refractivity contribution is 14.1. The molecule has 0 radical (unpaired) electrons. The van der Waals surface area contributed by atoms with E-state index in [0.29, 0.717) is 23.3 Å². The van der Waals surface area contributed by atoms with Crippen molar-refractivity contribution in [2.24, 2.45) is 0 Å². The molecule has 2 atom stereocenters. The van der Waals surface area contributed by atoms with Crippen LogP contribution in [0.5, 0.6) is 0 Å². The van der Waals surface area contributed by atoms with Gasteiger partial charge < -0.3 is 20.0 Å². The van der Waals surface area contributed by atoms with Crippen molar-refractivity contribution in [3.05, 3.63) is 17.8 Å². The summed E-state index contributed by atoms with van der Waals surface area (Å²) in [5.74, 6) is 2.19. The van der Waals surface area contributed by atoms with Gasteiger partial charge in [0.15, 0.2) is 5.65 Å². The smallest absolute Gasteiger partial charge is 0.222 e. The zero-order chi connectivity index (χ0) is 25.7. The molecular formula is C26H40IN7O2. The van der Waals surface area contributed by atoms with E-state index in [0.717, 1.165) is 87.6 Å². The number of amides is 2. The van der Waals surface area contributed by atoms with Crippen LogP contribution in [0.1, 0.15) is 76.4 Å². The van der Waals surface area contributed by atoms with Crippen LogP contribution < -0.4 is 15.1 Å². The zero-order valence-electron chi connectivity index (χ0n) is 21.9. The van der Waals surface area contributed by atoms with Gasteiger partial charge in [-0.05, 0) is 32.1 Å². The lowest BCUT2D eigenvalue weighted by molar-refractivity contribution is -0.132. The molecule has 4 rings (SSSR count). The minimum atomic E-state index is -0.0878. The molecule has 0 aliphatic carbocycles. The third kappa shape index (κ3) is 6.41. The van der Waals surface area contributed by atoms with Gasteiger partial charge in [0.05, 0.1) is 11.7 Å². The van der Waals surface area contributed by atoms with Crippen LogP contribution in [0.25, 0.3) is 5.65 Å². The number of nitrogens with zero attached hydrogens (tertiary/aromatic N) is 6. The van der Waals surface area contributed by atoms with E-state index in [1.807, 2.05) is 22.5 Å². The Morgan fingerprint density at radius 2 is 1.86 bits per heavy atom. The molecule has 9 nitrogen and oxygen atoms in total. The summed E-state index contributed by atoms with van der Waals surface area (Å²) in [6, 6.07) is 4.08. The van der Waals surface area contributed by atoms with E-state index < -0.39 is 0 Å². The molecule has 198 valence electrons. The van der Waals surface area contributed by atoms with Crippen molar-refractivity contribution in [1.29, 1.82) is 0 Å². The van der Waals surface area contributed by atoms with Gasteiger partial charge in [0.2, 0.25) is 11.8 Å². The average molecular weight is 610 g/mol. The van der Waals surface area contributed by atoms with Crippen LogP contribution in [0.3, 0.4) is 0 Å². The molecule has 1 saturated heterocycles. The number of aromatic nitrogens is 3. The number of halogens is 1. The van der Waals surface area contributed by atoms with Crippen LogP contribution in [-0.2, 0) is 9.59 Å². The number of carbonyl (C=O) groups is 2. The summed E-state index contributed by atoms with van der Waals surface area (Å²) >= 11 is 2.52. The van der Waals surface area contributed by atoms with E-state index in [9.17, 15) is 9.59 Å². The minimum Gasteiger partial charge on any atom is -0.359 e. The van der Waals surface area contributed by atoms with Gasteiger partial charge >= 0.3 is 0 Å². The number of carbonyl (C=O) groups excluding carboxylic acids is 2. The van der Waals surface area contributed by atoms with E-state index in [1.54, 1.807) is 0 Å². The second-order valence-electron chi connectivity index (χ2n) is 10.1. The number of alkyl halides is 1. The van der Waals surface area contributed by atoms with Crippen molar-refractivity contribution in [2.75, 3.05) is 50.1 Å². The highest BCUT2D eigenvalue weighted by Crippen LogP contribution is 2.30. The van der Waals surface area contributed by atoms with E-state index in [2.05, 4.69) is 57.7 Å². The lowest BCUT2D eigenvalue weighted by Gasteiger charge is -2.26. The Kier molecular flexibility index (Phi) is 9.30. The quantitative estimate of drug-likeness (QED) is 0.410. The molecular weight excluding hydrogens is 569 g/mol. The first-order valence-corrected chi connectivity index (χ1v) is 14.6. The Labute approximate surface area is 228 Å². The molecule has 2 aliphatic rings. The molecule has 1 fully saturated rings. The Hall–Kier alpha value is -2.11. The number of fused-ring (bicyclic) bond motifs is 1. The van der Waals surface area contributed by atoms with Gasteiger partial charge in [-0.15, -0.1) is 0 Å². The van der Waals surface area contributed by atoms with Crippen LogP contribution in [0.4, 0.5) is 11.6 Å². The largest absolute Gasteiger partial charge is 0.359 e. The Morgan fingerprint density at radius 3 is 2.61 bits per heavy atom. The predicted molar refractivity (Wildman–Crippen MR) is 152 cm³/mol. The summed E-state index contributed by atoms with van der Waals surface area (Å²) in [6.45, 7) is 5.54. The maximum absolute atomic E-state index is 13.0. The van der Waals surface area contributed by atoms with Gasteiger partial charge in [0.1, 0.15) is 11.6 Å². The van der Waals surface area contributed by atoms with Crippen LogP contribution in [-0.4, -0.2) is 75.5 Å². The summed E-state index contributed by atoms with van der Waals surface area (Å²) < 4.78 is 2.53. The topological polar surface area (TPSA) is 86.1 Å². The first kappa shape index (κ1) is 26.9. The van der Waals surface area contributed by atoms with E-state index in [4.69, 9.17) is 10.1 Å². The van der Waals surface area contributed by atoms with Crippen molar-refractivity contribution in [3.63, 3.8) is 0 Å². The van der Waals surface area contributed by atoms with Crippen molar-refractivity contribution in [1.82, 2.24) is 24.8 Å². The van der Waals surface area contributed by atoms with Crippen LogP contribution in [0, 0.1) is 0 Å². The highest BCUT2D eigenvalue weighted by atomic mass is 127. The Morgan fingerprint density at radius 1 is 1.06 bits per heavy atom. The van der Waals surface area contributed by atoms with Crippen LogP contribution in [0.15, 0.2) is 12.1 Å². The number of hydrogen-bond acceptors (Lipinski definition) is 6. The number of hydrogen-bond donors (Lipinski definition) is 1. The van der Waals surface area contributed by atoms with Gasteiger partial charge in [-0.2, -0.15) is 9.61 Å². The van der Waals surface area contributed by atoms with E-state index >= 15 is 0 Å². The molecule has 1 N–H and O–H groups in total. The van der Waals surface area contributed by atoms with Gasteiger partial charge in [-0.3, -0.25) is 9.59 Å². The summed E-state index contributed by atoms with van der Waals surface area (Å²) in [7, 11) is 3.95. The third-order valence-corrected chi connectivity index (χ3v) is 8.40. The summed E-state index contributed by atoms with van der Waals surface area (Å²) in [5, 5.41) is 8.02. The molecule has 36 heavy (non-hydrogen) atoms. The van der Waals surface area contributed by atoms with Gasteiger partial charge in [-0.1, -0.05) is 42.4 Å². The SMILES string of the molecule is CC[C@H]1c2cc3nc(N4CCC(I)C4)cc(n3n2)N(C)CCCC(=O)NCCCCCCC(=O)N1C. The number of rotatable bonds is 2. The summed E-state index contributed by atoms with van der Waals surface area (Å²) in [5.41, 5.74) is 1.67. The second-order valence-corrected chi connectivity index (χ2v) is 11.9. The number of anilines is 2. The molecule has 2 aromatic heterocycles. The molecule has 0 spiro atoms. The molecule has 2 aliphatic heterocycles. The maximum atomic E-state index is 13.0. The van der Waals surface area contributed by atoms with Crippen LogP contribution >= 0.6 is 22.6 Å². The van der Waals surface area contributed by atoms with Crippen LogP contribution in [0.2, 0.25) is 0 Å². The molecule has 0 aromatic carbocycles. The fraction of sp³-hybridized carbons (Fsp3) is 0.692. The first-order valence-electron chi connectivity index (χ1n) is 13.4. The highest BCUT2D eigenvalue weighted by Gasteiger charge is 2.26. The summed E-state index contributed by atoms with van der Waals surface area (Å²) in [6.07, 6.45) is 7.60. The molecule has 4 heterocycles. The minimum absolute atomic E-state index is 0.0878. The normalized spacial score (nSPS) is 23.6. The second kappa shape index (κ2) is 12.4. The van der Waals surface area contributed by atoms with Gasteiger partial charge in [0, 0.05) is 69.2 Å². The Bertz CT molecular complexity index is 1060. The molecule has 2 aromatic rings. The molecule has 2 amide bonds. The lowest BCUT2D eigenvalue weighted by Crippen LogP contribution is -2.31. The van der Waals surface area contributed by atoms with Crippen molar-refractivity contribution >= 4 is 51.7 Å². The number of nitrogens with one attached hydrogen (secondary N) is 1. The monoisotopic (exact) mass is 609 g/mol. The first-order chi connectivity index (χ1) is 17.4. The summed E-state index contributed by atoms with van der Waals surface area (Å²) in [4.78, 5) is 36.7. The standard InChI is InChI=1S/C26H40IN7O2/c1-4-21-20-16-23-29-22(33-15-12-19(27)18-33)17-25(34(23)30-20)31(2)14-9-10-24(35)28-13-8-6-5-7-11-26(36)32(21)3/h16-17,19,21H,4-15,18H2,1-3H3,(H,28,35)/t19?,21-/m0/s1. The third-order valence-electron chi connectivity index (χ3n) is 7.39. The predicted octanol–water partition coefficient (Wildman–Crippen LogP) is 3.95. The van der Waals surface area contributed by atoms with Crippen molar-refractivity contribution in [2.45, 2.75) is 74.7 Å². The van der Waals surface area contributed by atoms with Crippen molar-refractivity contribution < 1.29 is 9.59 Å². The lowest BCUT2D eigenvalue weighted by atomic mass is 10.1. The zero-order valence-corrected chi connectivity index (χ0v) is 24.0. The fourth-order valence-electron chi connectivity index (χ4n) is 5.18. The Balaban J connectivity index is 1.69. The van der Waals surface area contributed by atoms with E-state index in [1.165, 1.54) is 0 Å². The van der Waals surface area contributed by atoms with Crippen molar-refractivity contribution in [3.8, 4) is 0 Å². The molecule has 10 heteroatoms. The molecule has 2 bridgehead atoms. The molecule has 0 saturated carbocycles. The average Bonchev–Trinajstić information content (AvgIpc) is 3.48. The molecule has 1 unspecified atom stereocenters. The van der Waals surface area contributed by atoms with Gasteiger partial charge in [-0.25, -0.2) is 4.98 Å². The maximum Gasteiger partial charge on any atom is 0.222 e. The van der Waals surface area contributed by atoms with E-state index in [-0.39, 0.29) is 17.9 Å². The fourth-order valence-corrected chi connectivity index (χ4v) is 5.93. The van der Waals surface area contributed by atoms with Gasteiger partial charge in [0.25, 0.3) is 0 Å².